The number of carbonyl (C=O) groups is 1. The van der Waals surface area contributed by atoms with Crippen LogP contribution in [0.15, 0.2) is 30.3 Å². The maximum atomic E-state index is 12.5. The molecule has 2 aromatic rings. The Morgan fingerprint density at radius 3 is 2.63 bits per heavy atom. The molecule has 0 spiro atoms. The molecule has 1 saturated heterocycles. The topological polar surface area (TPSA) is 79.4 Å². The summed E-state index contributed by atoms with van der Waals surface area (Å²) in [6, 6.07) is 9.54. The van der Waals surface area contributed by atoms with Crippen molar-refractivity contribution < 1.29 is 9.53 Å². The molecule has 1 amide bonds. The highest BCUT2D eigenvalue weighted by molar-refractivity contribution is 6.03. The number of rotatable bonds is 7. The molecule has 0 radical (unpaired) electrons. The number of benzene rings is 1. The van der Waals surface area contributed by atoms with E-state index in [2.05, 4.69) is 32.4 Å². The molecule has 0 bridgehead atoms. The Morgan fingerprint density at radius 2 is 1.93 bits per heavy atom. The molecular formula is C20H27N5O2. The summed E-state index contributed by atoms with van der Waals surface area (Å²) in [5.41, 5.74) is 3.11. The zero-order valence-corrected chi connectivity index (χ0v) is 16.0. The van der Waals surface area contributed by atoms with E-state index in [0.717, 1.165) is 57.2 Å². The lowest BCUT2D eigenvalue weighted by molar-refractivity contribution is 0.0398. The summed E-state index contributed by atoms with van der Waals surface area (Å²) in [5.74, 6) is 0.246. The van der Waals surface area contributed by atoms with Crippen molar-refractivity contribution in [3.63, 3.8) is 0 Å². The number of carbonyl (C=O) groups excluding carboxylic acids is 1. The van der Waals surface area contributed by atoms with Gasteiger partial charge in [0.2, 0.25) is 5.95 Å². The van der Waals surface area contributed by atoms with Crippen LogP contribution >= 0.6 is 0 Å². The number of anilines is 2. The van der Waals surface area contributed by atoms with Crippen molar-refractivity contribution in [1.82, 2.24) is 14.9 Å². The fourth-order valence-corrected chi connectivity index (χ4v) is 2.93. The maximum Gasteiger partial charge on any atom is 0.274 e. The number of nitrogens with zero attached hydrogens (tertiary/aromatic N) is 3. The molecule has 0 aliphatic carbocycles. The number of ether oxygens (including phenoxy) is 1. The van der Waals surface area contributed by atoms with Crippen molar-refractivity contribution in [2.75, 3.05) is 50.0 Å². The van der Waals surface area contributed by atoms with Crippen molar-refractivity contribution in [2.45, 2.75) is 20.3 Å². The molecule has 1 fully saturated rings. The van der Waals surface area contributed by atoms with Gasteiger partial charge in [0, 0.05) is 37.6 Å². The SMILES string of the molecule is CCc1ccc(NC(=O)c2cc(C)nc(NCCN3CCOCC3)n2)cc1. The molecule has 144 valence electrons. The highest BCUT2D eigenvalue weighted by Gasteiger charge is 2.12. The fourth-order valence-electron chi connectivity index (χ4n) is 2.93. The van der Waals surface area contributed by atoms with Gasteiger partial charge in [-0.05, 0) is 37.1 Å². The highest BCUT2D eigenvalue weighted by atomic mass is 16.5. The predicted molar refractivity (Wildman–Crippen MR) is 106 cm³/mol. The minimum absolute atomic E-state index is 0.235. The van der Waals surface area contributed by atoms with Crippen molar-refractivity contribution >= 4 is 17.5 Å². The quantitative estimate of drug-likeness (QED) is 0.780. The van der Waals surface area contributed by atoms with Gasteiger partial charge < -0.3 is 15.4 Å². The minimum atomic E-state index is -0.235. The minimum Gasteiger partial charge on any atom is -0.379 e. The summed E-state index contributed by atoms with van der Waals surface area (Å²) in [7, 11) is 0. The van der Waals surface area contributed by atoms with Crippen LogP contribution in [-0.2, 0) is 11.2 Å². The average molecular weight is 369 g/mol. The smallest absolute Gasteiger partial charge is 0.274 e. The summed E-state index contributed by atoms with van der Waals surface area (Å²) >= 11 is 0. The molecular weight excluding hydrogens is 342 g/mol. The van der Waals surface area contributed by atoms with Crippen LogP contribution in [0.1, 0.15) is 28.7 Å². The standard InChI is InChI=1S/C20H27N5O2/c1-3-16-4-6-17(7-5-16)23-19(26)18-14-15(2)22-20(24-18)21-8-9-25-10-12-27-13-11-25/h4-7,14H,3,8-13H2,1-2H3,(H,23,26)(H,21,22,24). The second-order valence-corrected chi connectivity index (χ2v) is 6.60. The van der Waals surface area contributed by atoms with Crippen LogP contribution in [0, 0.1) is 6.92 Å². The summed E-state index contributed by atoms with van der Waals surface area (Å²) in [4.78, 5) is 23.6. The Morgan fingerprint density at radius 1 is 1.19 bits per heavy atom. The normalized spacial score (nSPS) is 14.7. The average Bonchev–Trinajstić information content (AvgIpc) is 2.69. The van der Waals surface area contributed by atoms with E-state index in [1.807, 2.05) is 31.2 Å². The lowest BCUT2D eigenvalue weighted by Gasteiger charge is -2.26. The Hall–Kier alpha value is -2.51. The first-order chi connectivity index (χ1) is 13.1. The second kappa shape index (κ2) is 9.43. The van der Waals surface area contributed by atoms with Crippen molar-refractivity contribution in [3.05, 3.63) is 47.3 Å². The van der Waals surface area contributed by atoms with Gasteiger partial charge in [0.1, 0.15) is 5.69 Å². The lowest BCUT2D eigenvalue weighted by atomic mass is 10.1. The predicted octanol–water partition coefficient (Wildman–Crippen LogP) is 2.34. The summed E-state index contributed by atoms with van der Waals surface area (Å²) in [5, 5.41) is 6.11. The number of nitrogens with one attached hydrogen (secondary N) is 2. The largest absolute Gasteiger partial charge is 0.379 e. The Bertz CT molecular complexity index is 757. The van der Waals surface area contributed by atoms with E-state index in [4.69, 9.17) is 4.74 Å². The van der Waals surface area contributed by atoms with E-state index in [9.17, 15) is 4.79 Å². The Kier molecular flexibility index (Phi) is 6.73. The van der Waals surface area contributed by atoms with Crippen molar-refractivity contribution in [1.29, 1.82) is 0 Å². The number of hydrogen-bond donors (Lipinski definition) is 2. The Labute approximate surface area is 160 Å². The third-order valence-corrected chi connectivity index (χ3v) is 4.52. The van der Waals surface area contributed by atoms with Crippen LogP contribution in [0.25, 0.3) is 0 Å². The summed E-state index contributed by atoms with van der Waals surface area (Å²) in [6.07, 6.45) is 0.971. The van der Waals surface area contributed by atoms with E-state index in [1.54, 1.807) is 6.07 Å². The van der Waals surface area contributed by atoms with Crippen molar-refractivity contribution in [2.24, 2.45) is 0 Å². The zero-order chi connectivity index (χ0) is 19.1. The van der Waals surface area contributed by atoms with Crippen LogP contribution in [0.2, 0.25) is 0 Å². The molecule has 0 atom stereocenters. The number of aromatic nitrogens is 2. The van der Waals surface area contributed by atoms with Gasteiger partial charge in [0.05, 0.1) is 13.2 Å². The highest BCUT2D eigenvalue weighted by Crippen LogP contribution is 2.12. The van der Waals surface area contributed by atoms with Crippen LogP contribution in [-0.4, -0.2) is 60.2 Å². The van der Waals surface area contributed by atoms with Gasteiger partial charge in [-0.15, -0.1) is 0 Å². The lowest BCUT2D eigenvalue weighted by Crippen LogP contribution is -2.39. The van der Waals surface area contributed by atoms with Gasteiger partial charge >= 0.3 is 0 Å². The molecule has 7 heteroatoms. The van der Waals surface area contributed by atoms with Crippen LogP contribution in [0.3, 0.4) is 0 Å². The molecule has 7 nitrogen and oxygen atoms in total. The van der Waals surface area contributed by atoms with Crippen LogP contribution in [0.4, 0.5) is 11.6 Å². The third kappa shape index (κ3) is 5.74. The van der Waals surface area contributed by atoms with E-state index < -0.39 is 0 Å². The molecule has 1 aromatic heterocycles. The maximum absolute atomic E-state index is 12.5. The molecule has 2 heterocycles. The summed E-state index contributed by atoms with van der Waals surface area (Å²) < 4.78 is 5.35. The first kappa shape index (κ1) is 19.3. The molecule has 0 saturated carbocycles. The number of morpholine rings is 1. The molecule has 3 rings (SSSR count). The zero-order valence-electron chi connectivity index (χ0n) is 16.0. The first-order valence-electron chi connectivity index (χ1n) is 9.44. The third-order valence-electron chi connectivity index (χ3n) is 4.52. The fraction of sp³-hybridized carbons (Fsp3) is 0.450. The second-order valence-electron chi connectivity index (χ2n) is 6.60. The summed E-state index contributed by atoms with van der Waals surface area (Å²) in [6.45, 7) is 9.04. The number of aryl methyl sites for hydroxylation is 2. The van der Waals surface area contributed by atoms with Crippen molar-refractivity contribution in [3.8, 4) is 0 Å². The van der Waals surface area contributed by atoms with Gasteiger partial charge in [-0.1, -0.05) is 19.1 Å². The van der Waals surface area contributed by atoms with Crippen LogP contribution in [0.5, 0.6) is 0 Å². The van der Waals surface area contributed by atoms with Gasteiger partial charge in [-0.2, -0.15) is 0 Å². The molecule has 1 aliphatic rings. The molecule has 1 aliphatic heterocycles. The number of amides is 1. The van der Waals surface area contributed by atoms with Gasteiger partial charge in [-0.25, -0.2) is 9.97 Å². The molecule has 0 unspecified atom stereocenters. The van der Waals surface area contributed by atoms with Gasteiger partial charge in [0.25, 0.3) is 5.91 Å². The van der Waals surface area contributed by atoms with Gasteiger partial charge in [-0.3, -0.25) is 9.69 Å². The van der Waals surface area contributed by atoms with E-state index in [0.29, 0.717) is 11.6 Å². The van der Waals surface area contributed by atoms with Crippen LogP contribution < -0.4 is 10.6 Å². The van der Waals surface area contributed by atoms with E-state index in [-0.39, 0.29) is 5.91 Å². The monoisotopic (exact) mass is 369 g/mol. The molecule has 27 heavy (non-hydrogen) atoms. The van der Waals surface area contributed by atoms with Gasteiger partial charge in [0.15, 0.2) is 0 Å². The Balaban J connectivity index is 1.58. The molecule has 2 N–H and O–H groups in total. The van der Waals surface area contributed by atoms with E-state index in [1.165, 1.54) is 5.56 Å². The number of hydrogen-bond acceptors (Lipinski definition) is 6. The molecule has 1 aromatic carbocycles. The van der Waals surface area contributed by atoms with E-state index >= 15 is 0 Å². The first-order valence-corrected chi connectivity index (χ1v) is 9.44.